The summed E-state index contributed by atoms with van der Waals surface area (Å²) in [5.74, 6) is 2.70. The summed E-state index contributed by atoms with van der Waals surface area (Å²) in [6.07, 6.45) is 5.27. The van der Waals surface area contributed by atoms with Gasteiger partial charge in [-0.15, -0.1) is 5.10 Å². The zero-order valence-electron chi connectivity index (χ0n) is 13.6. The molecule has 0 amide bonds. The number of rotatable bonds is 5. The van der Waals surface area contributed by atoms with Crippen LogP contribution in [0.25, 0.3) is 0 Å². The van der Waals surface area contributed by atoms with Crippen LogP contribution in [-0.4, -0.2) is 76.6 Å². The first-order valence-corrected chi connectivity index (χ1v) is 11.2. The van der Waals surface area contributed by atoms with Crippen molar-refractivity contribution in [1.29, 1.82) is 0 Å². The van der Waals surface area contributed by atoms with Gasteiger partial charge in [-0.3, -0.25) is 9.58 Å². The SMILES string of the molecule is CS(=O)(=O)N1CCCC(Cn2cc(CN3CCSCC3)nn2)C1. The van der Waals surface area contributed by atoms with Crippen molar-refractivity contribution in [2.75, 3.05) is 43.9 Å². The Bertz CT molecular complexity index is 612. The molecule has 3 rings (SSSR count). The minimum Gasteiger partial charge on any atom is -0.296 e. The van der Waals surface area contributed by atoms with Crippen LogP contribution in [0.2, 0.25) is 0 Å². The Morgan fingerprint density at radius 3 is 2.83 bits per heavy atom. The molecule has 2 aliphatic heterocycles. The molecule has 2 aliphatic rings. The van der Waals surface area contributed by atoms with E-state index in [1.54, 1.807) is 4.31 Å². The van der Waals surface area contributed by atoms with Gasteiger partial charge < -0.3 is 0 Å². The highest BCUT2D eigenvalue weighted by Crippen LogP contribution is 2.20. The van der Waals surface area contributed by atoms with E-state index in [-0.39, 0.29) is 0 Å². The molecular formula is C14H25N5O2S2. The van der Waals surface area contributed by atoms with Gasteiger partial charge in [-0.2, -0.15) is 11.8 Å². The lowest BCUT2D eigenvalue weighted by atomic mass is 10.00. The second kappa shape index (κ2) is 7.50. The molecule has 1 unspecified atom stereocenters. The van der Waals surface area contributed by atoms with Crippen LogP contribution >= 0.6 is 11.8 Å². The minimum absolute atomic E-state index is 0.319. The Balaban J connectivity index is 1.54. The van der Waals surface area contributed by atoms with Crippen molar-refractivity contribution >= 4 is 21.8 Å². The van der Waals surface area contributed by atoms with Gasteiger partial charge in [0.2, 0.25) is 10.0 Å². The zero-order valence-corrected chi connectivity index (χ0v) is 15.2. The van der Waals surface area contributed by atoms with E-state index in [2.05, 4.69) is 15.2 Å². The second-order valence-corrected chi connectivity index (χ2v) is 9.66. The highest BCUT2D eigenvalue weighted by molar-refractivity contribution is 7.99. The molecule has 7 nitrogen and oxygen atoms in total. The van der Waals surface area contributed by atoms with Crippen molar-refractivity contribution in [1.82, 2.24) is 24.2 Å². The van der Waals surface area contributed by atoms with Crippen molar-refractivity contribution in [3.63, 3.8) is 0 Å². The summed E-state index contributed by atoms with van der Waals surface area (Å²) in [7, 11) is -3.09. The van der Waals surface area contributed by atoms with Gasteiger partial charge in [0.05, 0.1) is 11.9 Å². The molecule has 0 spiro atoms. The molecule has 9 heteroatoms. The summed E-state index contributed by atoms with van der Waals surface area (Å²) < 4.78 is 26.9. The van der Waals surface area contributed by atoms with Crippen molar-refractivity contribution in [3.05, 3.63) is 11.9 Å². The van der Waals surface area contributed by atoms with E-state index in [0.29, 0.717) is 19.0 Å². The topological polar surface area (TPSA) is 71.3 Å². The first-order valence-electron chi connectivity index (χ1n) is 8.15. The number of thioether (sulfide) groups is 1. The normalized spacial score (nSPS) is 24.8. The first kappa shape index (κ1) is 17.2. The summed E-state index contributed by atoms with van der Waals surface area (Å²) >= 11 is 2.00. The van der Waals surface area contributed by atoms with Gasteiger partial charge in [0.15, 0.2) is 0 Å². The van der Waals surface area contributed by atoms with Crippen LogP contribution in [0.5, 0.6) is 0 Å². The van der Waals surface area contributed by atoms with E-state index in [1.807, 2.05) is 22.6 Å². The highest BCUT2D eigenvalue weighted by atomic mass is 32.2. The van der Waals surface area contributed by atoms with Gasteiger partial charge in [-0.05, 0) is 18.8 Å². The predicted molar refractivity (Wildman–Crippen MR) is 91.8 cm³/mol. The third-order valence-corrected chi connectivity index (χ3v) is 6.68. The Labute approximate surface area is 142 Å². The average molecular weight is 360 g/mol. The number of hydrogen-bond donors (Lipinski definition) is 0. The first-order chi connectivity index (χ1) is 11.0. The molecule has 0 saturated carbocycles. The van der Waals surface area contributed by atoms with Gasteiger partial charge in [0, 0.05) is 57.0 Å². The number of aromatic nitrogens is 3. The standard InChI is InChI=1S/C14H25N5O2S2/c1-23(20,21)19-4-2-3-13(10-19)9-18-12-14(15-16-18)11-17-5-7-22-8-6-17/h12-13H,2-11H2,1H3. The smallest absolute Gasteiger partial charge is 0.211 e. The molecule has 1 aromatic rings. The van der Waals surface area contributed by atoms with E-state index >= 15 is 0 Å². The maximum absolute atomic E-state index is 11.7. The van der Waals surface area contributed by atoms with Gasteiger partial charge in [0.25, 0.3) is 0 Å². The minimum atomic E-state index is -3.09. The molecule has 2 saturated heterocycles. The van der Waals surface area contributed by atoms with E-state index in [1.165, 1.54) is 17.8 Å². The Kier molecular flexibility index (Phi) is 5.61. The van der Waals surface area contributed by atoms with E-state index in [4.69, 9.17) is 0 Å². The lowest BCUT2D eigenvalue weighted by molar-refractivity contribution is 0.239. The molecule has 0 radical (unpaired) electrons. The fraction of sp³-hybridized carbons (Fsp3) is 0.857. The maximum Gasteiger partial charge on any atom is 0.211 e. The largest absolute Gasteiger partial charge is 0.296 e. The summed E-state index contributed by atoms with van der Waals surface area (Å²) in [4.78, 5) is 2.41. The molecular weight excluding hydrogens is 334 g/mol. The van der Waals surface area contributed by atoms with Gasteiger partial charge in [-0.25, -0.2) is 12.7 Å². The van der Waals surface area contributed by atoms with Crippen LogP contribution in [0, 0.1) is 5.92 Å². The van der Waals surface area contributed by atoms with E-state index < -0.39 is 10.0 Å². The monoisotopic (exact) mass is 359 g/mol. The Hall–Kier alpha value is -0.640. The summed E-state index contributed by atoms with van der Waals surface area (Å²) in [6.45, 7) is 5.07. The van der Waals surface area contributed by atoms with E-state index in [9.17, 15) is 8.42 Å². The Morgan fingerprint density at radius 2 is 2.09 bits per heavy atom. The molecule has 0 aliphatic carbocycles. The van der Waals surface area contributed by atoms with Crippen molar-refractivity contribution < 1.29 is 8.42 Å². The van der Waals surface area contributed by atoms with Gasteiger partial charge in [-0.1, -0.05) is 5.21 Å². The number of nitrogens with zero attached hydrogens (tertiary/aromatic N) is 5. The highest BCUT2D eigenvalue weighted by Gasteiger charge is 2.26. The molecule has 130 valence electrons. The number of hydrogen-bond acceptors (Lipinski definition) is 6. The third-order valence-electron chi connectivity index (χ3n) is 4.47. The average Bonchev–Trinajstić information content (AvgIpc) is 2.95. The van der Waals surface area contributed by atoms with Crippen LogP contribution in [0.1, 0.15) is 18.5 Å². The van der Waals surface area contributed by atoms with Crippen LogP contribution in [-0.2, 0) is 23.1 Å². The molecule has 3 heterocycles. The van der Waals surface area contributed by atoms with Crippen LogP contribution in [0.15, 0.2) is 6.20 Å². The van der Waals surface area contributed by atoms with Crippen molar-refractivity contribution in [2.24, 2.45) is 5.92 Å². The fourth-order valence-electron chi connectivity index (χ4n) is 3.23. The third kappa shape index (κ3) is 4.91. The molecule has 1 aromatic heterocycles. The summed E-state index contributed by atoms with van der Waals surface area (Å²) in [5, 5.41) is 8.51. The van der Waals surface area contributed by atoms with Crippen LogP contribution < -0.4 is 0 Å². The quantitative estimate of drug-likeness (QED) is 0.762. The predicted octanol–water partition coefficient (Wildman–Crippen LogP) is 0.498. The van der Waals surface area contributed by atoms with Crippen LogP contribution in [0.4, 0.5) is 0 Å². The molecule has 0 N–H and O–H groups in total. The summed E-state index contributed by atoms with van der Waals surface area (Å²) in [6, 6.07) is 0. The Morgan fingerprint density at radius 1 is 1.30 bits per heavy atom. The molecule has 0 aromatic carbocycles. The molecule has 1 atom stereocenters. The second-order valence-electron chi connectivity index (χ2n) is 6.45. The van der Waals surface area contributed by atoms with E-state index in [0.717, 1.165) is 44.7 Å². The summed E-state index contributed by atoms with van der Waals surface area (Å²) in [5.41, 5.74) is 1.01. The van der Waals surface area contributed by atoms with Crippen molar-refractivity contribution in [3.8, 4) is 0 Å². The number of sulfonamides is 1. The van der Waals surface area contributed by atoms with Crippen LogP contribution in [0.3, 0.4) is 0 Å². The number of piperidine rings is 1. The molecule has 2 fully saturated rings. The fourth-order valence-corrected chi connectivity index (χ4v) is 5.15. The molecule has 23 heavy (non-hydrogen) atoms. The van der Waals surface area contributed by atoms with Gasteiger partial charge in [0.1, 0.15) is 0 Å². The maximum atomic E-state index is 11.7. The van der Waals surface area contributed by atoms with Gasteiger partial charge >= 0.3 is 0 Å². The lowest BCUT2D eigenvalue weighted by Gasteiger charge is -2.30. The molecule has 0 bridgehead atoms. The van der Waals surface area contributed by atoms with Crippen molar-refractivity contribution in [2.45, 2.75) is 25.9 Å². The zero-order chi connectivity index (χ0) is 16.3. The lowest BCUT2D eigenvalue weighted by Crippen LogP contribution is -2.40.